The summed E-state index contributed by atoms with van der Waals surface area (Å²) < 4.78 is 13.1. The number of hydrogen-bond acceptors (Lipinski definition) is 3. The van der Waals surface area contributed by atoms with Crippen molar-refractivity contribution < 1.29 is 9.50 Å². The lowest BCUT2D eigenvalue weighted by molar-refractivity contribution is 0.127. The minimum Gasteiger partial charge on any atom is -0.396 e. The largest absolute Gasteiger partial charge is 0.396 e. The number of aliphatic hydroxyl groups excluding tert-OH is 1. The maximum Gasteiger partial charge on any atom is 0.123 e. The Kier molecular flexibility index (Phi) is 6.05. The number of nitrogens with zero attached hydrogens (tertiary/aromatic N) is 1. The van der Waals surface area contributed by atoms with Crippen LogP contribution in [0.2, 0.25) is 0 Å². The molecule has 0 aromatic heterocycles. The van der Waals surface area contributed by atoms with Crippen LogP contribution in [0, 0.1) is 11.7 Å². The second-order valence-corrected chi connectivity index (χ2v) is 7.02. The first kappa shape index (κ1) is 17.9. The summed E-state index contributed by atoms with van der Waals surface area (Å²) in [6.45, 7) is 5.44. The van der Waals surface area contributed by atoms with Crippen molar-refractivity contribution in [3.8, 4) is 0 Å². The highest BCUT2D eigenvalue weighted by atomic mass is 19.1. The van der Waals surface area contributed by atoms with E-state index in [9.17, 15) is 9.50 Å². The average Bonchev–Trinajstić information content (AvgIpc) is 2.63. The van der Waals surface area contributed by atoms with E-state index in [1.807, 2.05) is 12.1 Å². The van der Waals surface area contributed by atoms with Crippen molar-refractivity contribution >= 4 is 5.69 Å². The van der Waals surface area contributed by atoms with E-state index in [4.69, 9.17) is 0 Å². The number of hydrogen-bond donors (Lipinski definition) is 2. The quantitative estimate of drug-likeness (QED) is 0.826. The van der Waals surface area contributed by atoms with E-state index in [1.165, 1.54) is 17.7 Å². The van der Waals surface area contributed by atoms with Gasteiger partial charge in [0.25, 0.3) is 0 Å². The number of aliphatic hydroxyl groups is 1. The number of halogens is 1. The summed E-state index contributed by atoms with van der Waals surface area (Å²) >= 11 is 0. The molecule has 1 atom stereocenters. The minimum absolute atomic E-state index is 0.121. The van der Waals surface area contributed by atoms with Gasteiger partial charge in [0.15, 0.2) is 0 Å². The molecule has 0 radical (unpaired) electrons. The molecular formula is C21H27FN2O. The van der Waals surface area contributed by atoms with Crippen molar-refractivity contribution in [2.24, 2.45) is 5.92 Å². The van der Waals surface area contributed by atoms with Crippen LogP contribution in [-0.2, 0) is 6.54 Å². The van der Waals surface area contributed by atoms with Crippen molar-refractivity contribution in [2.45, 2.75) is 32.4 Å². The van der Waals surface area contributed by atoms with Gasteiger partial charge in [0.05, 0.1) is 0 Å². The molecule has 3 rings (SSSR count). The normalized spacial score (nSPS) is 17.4. The molecule has 0 spiro atoms. The zero-order valence-corrected chi connectivity index (χ0v) is 14.8. The summed E-state index contributed by atoms with van der Waals surface area (Å²) in [5, 5.41) is 12.7. The van der Waals surface area contributed by atoms with E-state index >= 15 is 0 Å². The molecule has 1 aliphatic heterocycles. The summed E-state index contributed by atoms with van der Waals surface area (Å²) in [6.07, 6.45) is 2.16. The first-order valence-electron chi connectivity index (χ1n) is 9.08. The molecule has 0 bridgehead atoms. The van der Waals surface area contributed by atoms with Crippen LogP contribution in [0.1, 0.15) is 36.9 Å². The third-order valence-electron chi connectivity index (χ3n) is 5.05. The summed E-state index contributed by atoms with van der Waals surface area (Å²) in [7, 11) is 0. The van der Waals surface area contributed by atoms with Gasteiger partial charge < -0.3 is 10.4 Å². The van der Waals surface area contributed by atoms with Crippen LogP contribution in [0.15, 0.2) is 48.5 Å². The van der Waals surface area contributed by atoms with Crippen LogP contribution in [0.25, 0.3) is 0 Å². The molecule has 2 aromatic rings. The van der Waals surface area contributed by atoms with Crippen LogP contribution in [0.3, 0.4) is 0 Å². The van der Waals surface area contributed by atoms with Gasteiger partial charge in [-0.3, -0.25) is 4.90 Å². The van der Waals surface area contributed by atoms with Gasteiger partial charge in [-0.1, -0.05) is 24.3 Å². The second-order valence-electron chi connectivity index (χ2n) is 7.02. The fourth-order valence-corrected chi connectivity index (χ4v) is 3.43. The lowest BCUT2D eigenvalue weighted by Gasteiger charge is -2.31. The Morgan fingerprint density at radius 2 is 1.88 bits per heavy atom. The standard InChI is InChI=1S/C21H27FN2O/c1-16(19-5-7-20(22)8-6-19)23-21-4-2-3-18(13-21)14-24-11-9-17(15-25)10-12-24/h2-8,13,16-17,23,25H,9-12,14-15H2,1H3. The Balaban J connectivity index is 1.58. The highest BCUT2D eigenvalue weighted by Gasteiger charge is 2.18. The van der Waals surface area contributed by atoms with Crippen LogP contribution >= 0.6 is 0 Å². The van der Waals surface area contributed by atoms with Crippen molar-refractivity contribution in [3.63, 3.8) is 0 Å². The molecule has 1 unspecified atom stereocenters. The Morgan fingerprint density at radius 3 is 2.56 bits per heavy atom. The third-order valence-corrected chi connectivity index (χ3v) is 5.05. The first-order valence-corrected chi connectivity index (χ1v) is 9.08. The van der Waals surface area contributed by atoms with Crippen molar-refractivity contribution in [2.75, 3.05) is 25.0 Å². The smallest absolute Gasteiger partial charge is 0.123 e. The molecule has 4 heteroatoms. The molecule has 0 aliphatic carbocycles. The lowest BCUT2D eigenvalue weighted by atomic mass is 9.97. The zero-order valence-electron chi connectivity index (χ0n) is 14.8. The SMILES string of the molecule is CC(Nc1cccc(CN2CCC(CO)CC2)c1)c1ccc(F)cc1. The number of rotatable bonds is 6. The monoisotopic (exact) mass is 342 g/mol. The van der Waals surface area contributed by atoms with Crippen LogP contribution in [-0.4, -0.2) is 29.7 Å². The van der Waals surface area contributed by atoms with Gasteiger partial charge in [-0.2, -0.15) is 0 Å². The first-order chi connectivity index (χ1) is 12.1. The molecular weight excluding hydrogens is 315 g/mol. The van der Waals surface area contributed by atoms with Crippen LogP contribution < -0.4 is 5.32 Å². The van der Waals surface area contributed by atoms with Gasteiger partial charge >= 0.3 is 0 Å². The topological polar surface area (TPSA) is 35.5 Å². The fraction of sp³-hybridized carbons (Fsp3) is 0.429. The number of likely N-dealkylation sites (tertiary alicyclic amines) is 1. The number of nitrogens with one attached hydrogen (secondary N) is 1. The van der Waals surface area contributed by atoms with E-state index < -0.39 is 0 Å². The van der Waals surface area contributed by atoms with Crippen molar-refractivity contribution in [3.05, 3.63) is 65.5 Å². The summed E-state index contributed by atoms with van der Waals surface area (Å²) in [4.78, 5) is 2.45. The second kappa shape index (κ2) is 8.45. The molecule has 25 heavy (non-hydrogen) atoms. The number of anilines is 1. The third kappa shape index (κ3) is 5.03. The Morgan fingerprint density at radius 1 is 1.16 bits per heavy atom. The van der Waals surface area contributed by atoms with Crippen molar-refractivity contribution in [1.29, 1.82) is 0 Å². The molecule has 0 saturated carbocycles. The maximum atomic E-state index is 13.1. The van der Waals surface area contributed by atoms with Gasteiger partial charge in [0.2, 0.25) is 0 Å². The van der Waals surface area contributed by atoms with Crippen LogP contribution in [0.4, 0.5) is 10.1 Å². The Labute approximate surface area is 149 Å². The van der Waals surface area contributed by atoms with Crippen molar-refractivity contribution in [1.82, 2.24) is 4.90 Å². The molecule has 2 N–H and O–H groups in total. The van der Waals surface area contributed by atoms with Crippen LogP contribution in [0.5, 0.6) is 0 Å². The summed E-state index contributed by atoms with van der Waals surface area (Å²) in [5.41, 5.74) is 3.44. The predicted octanol–water partition coefficient (Wildman–Crippen LogP) is 4.20. The predicted molar refractivity (Wildman–Crippen MR) is 100.0 cm³/mol. The zero-order chi connectivity index (χ0) is 17.6. The lowest BCUT2D eigenvalue weighted by Crippen LogP contribution is -2.34. The highest BCUT2D eigenvalue weighted by Crippen LogP contribution is 2.22. The van der Waals surface area contributed by atoms with E-state index in [0.717, 1.165) is 43.7 Å². The van der Waals surface area contributed by atoms with E-state index in [2.05, 4.69) is 41.4 Å². The van der Waals surface area contributed by atoms with E-state index in [-0.39, 0.29) is 11.9 Å². The fourth-order valence-electron chi connectivity index (χ4n) is 3.43. The highest BCUT2D eigenvalue weighted by molar-refractivity contribution is 5.47. The van der Waals surface area contributed by atoms with Gasteiger partial charge in [-0.15, -0.1) is 0 Å². The molecule has 1 aliphatic rings. The number of piperidine rings is 1. The average molecular weight is 342 g/mol. The Bertz CT molecular complexity index is 666. The molecule has 1 heterocycles. The Hall–Kier alpha value is -1.91. The summed E-state index contributed by atoms with van der Waals surface area (Å²) in [6, 6.07) is 15.3. The minimum atomic E-state index is -0.206. The molecule has 2 aromatic carbocycles. The maximum absolute atomic E-state index is 13.1. The molecule has 3 nitrogen and oxygen atoms in total. The van der Waals surface area contributed by atoms with Gasteiger partial charge in [0, 0.05) is 24.9 Å². The molecule has 1 fully saturated rings. The number of benzene rings is 2. The molecule has 134 valence electrons. The van der Waals surface area contributed by atoms with Gasteiger partial charge in [0.1, 0.15) is 5.82 Å². The van der Waals surface area contributed by atoms with Gasteiger partial charge in [-0.25, -0.2) is 4.39 Å². The van der Waals surface area contributed by atoms with Gasteiger partial charge in [-0.05, 0) is 74.2 Å². The van der Waals surface area contributed by atoms with E-state index in [0.29, 0.717) is 12.5 Å². The molecule has 1 saturated heterocycles. The van der Waals surface area contributed by atoms with E-state index in [1.54, 1.807) is 0 Å². The summed E-state index contributed by atoms with van der Waals surface area (Å²) in [5.74, 6) is 0.267. The molecule has 0 amide bonds.